The predicted octanol–water partition coefficient (Wildman–Crippen LogP) is 2.71. The van der Waals surface area contributed by atoms with Gasteiger partial charge in [-0.25, -0.2) is 9.97 Å². The number of amides is 1. The molecular weight excluding hydrogens is 278 g/mol. The molecule has 1 aliphatic rings. The molecule has 5 nitrogen and oxygen atoms in total. The van der Waals surface area contributed by atoms with Crippen molar-refractivity contribution in [3.63, 3.8) is 0 Å². The number of nitrogens with one attached hydrogen (secondary N) is 1. The monoisotopic (exact) mass is 299 g/mol. The fourth-order valence-electron chi connectivity index (χ4n) is 2.93. The molecule has 116 valence electrons. The van der Waals surface area contributed by atoms with E-state index in [9.17, 15) is 4.79 Å². The highest BCUT2D eigenvalue weighted by Gasteiger charge is 2.14. The topological polar surface area (TPSA) is 64.1 Å². The average Bonchev–Trinajstić information content (AvgIpc) is 2.59. The lowest BCUT2D eigenvalue weighted by molar-refractivity contribution is -0.123. The number of benzene rings is 1. The van der Waals surface area contributed by atoms with Crippen LogP contribution in [0.4, 0.5) is 0 Å². The number of carbonyl (C=O) groups is 1. The molecule has 1 amide bonds. The van der Waals surface area contributed by atoms with Gasteiger partial charge in [-0.1, -0.05) is 31.4 Å². The number of para-hydroxylation sites is 1. The minimum absolute atomic E-state index is 0.00622. The molecule has 0 aliphatic heterocycles. The van der Waals surface area contributed by atoms with Crippen LogP contribution in [-0.4, -0.2) is 29.0 Å². The lowest BCUT2D eigenvalue weighted by Crippen LogP contribution is -2.33. The number of hydrogen-bond acceptors (Lipinski definition) is 4. The van der Waals surface area contributed by atoms with E-state index in [1.165, 1.54) is 38.4 Å². The predicted molar refractivity (Wildman–Crippen MR) is 84.6 cm³/mol. The van der Waals surface area contributed by atoms with Crippen molar-refractivity contribution in [1.29, 1.82) is 0 Å². The summed E-state index contributed by atoms with van der Waals surface area (Å²) < 4.78 is 5.56. The minimum Gasteiger partial charge on any atom is -0.467 e. The third kappa shape index (κ3) is 3.72. The number of ether oxygens (including phenoxy) is 1. The second-order valence-corrected chi connectivity index (χ2v) is 5.79. The summed E-state index contributed by atoms with van der Waals surface area (Å²) in [6.07, 6.45) is 7.79. The first-order chi connectivity index (χ1) is 10.8. The molecule has 0 atom stereocenters. The highest BCUT2D eigenvalue weighted by Crippen LogP contribution is 2.23. The van der Waals surface area contributed by atoms with Crippen molar-refractivity contribution in [3.8, 4) is 5.88 Å². The SMILES string of the molecule is O=C(COc1ncnc2ccccc12)NCC1CCCCC1. The van der Waals surface area contributed by atoms with Crippen LogP contribution in [0.15, 0.2) is 30.6 Å². The molecule has 0 saturated heterocycles. The Balaban J connectivity index is 1.51. The molecule has 1 aromatic heterocycles. The van der Waals surface area contributed by atoms with E-state index < -0.39 is 0 Å². The lowest BCUT2D eigenvalue weighted by atomic mass is 9.89. The van der Waals surface area contributed by atoms with E-state index in [0.29, 0.717) is 11.8 Å². The van der Waals surface area contributed by atoms with Crippen molar-refractivity contribution < 1.29 is 9.53 Å². The quantitative estimate of drug-likeness (QED) is 0.922. The first-order valence-electron chi connectivity index (χ1n) is 7.92. The molecule has 1 fully saturated rings. The smallest absolute Gasteiger partial charge is 0.258 e. The Hall–Kier alpha value is -2.17. The zero-order valence-electron chi connectivity index (χ0n) is 12.6. The molecule has 5 heteroatoms. The lowest BCUT2D eigenvalue weighted by Gasteiger charge is -2.21. The van der Waals surface area contributed by atoms with Gasteiger partial charge in [0, 0.05) is 6.54 Å². The molecule has 1 aliphatic carbocycles. The summed E-state index contributed by atoms with van der Waals surface area (Å²) in [5, 5.41) is 3.79. The van der Waals surface area contributed by atoms with E-state index in [-0.39, 0.29) is 12.5 Å². The maximum absolute atomic E-state index is 11.9. The molecule has 22 heavy (non-hydrogen) atoms. The van der Waals surface area contributed by atoms with Gasteiger partial charge < -0.3 is 10.1 Å². The Bertz CT molecular complexity index is 633. The molecule has 0 radical (unpaired) electrons. The number of hydrogen-bond donors (Lipinski definition) is 1. The van der Waals surface area contributed by atoms with Crippen LogP contribution in [0.25, 0.3) is 10.9 Å². The van der Waals surface area contributed by atoms with E-state index in [2.05, 4.69) is 15.3 Å². The fourth-order valence-corrected chi connectivity index (χ4v) is 2.93. The van der Waals surface area contributed by atoms with Gasteiger partial charge >= 0.3 is 0 Å². The van der Waals surface area contributed by atoms with Crippen LogP contribution in [0.2, 0.25) is 0 Å². The number of aromatic nitrogens is 2. The molecule has 1 N–H and O–H groups in total. The number of carbonyl (C=O) groups excluding carboxylic acids is 1. The normalized spacial score (nSPS) is 15.6. The molecule has 2 aromatic rings. The van der Waals surface area contributed by atoms with E-state index in [0.717, 1.165) is 17.4 Å². The zero-order chi connectivity index (χ0) is 15.2. The summed E-state index contributed by atoms with van der Waals surface area (Å²) in [7, 11) is 0. The molecule has 0 spiro atoms. The van der Waals surface area contributed by atoms with Crippen molar-refractivity contribution in [1.82, 2.24) is 15.3 Å². The van der Waals surface area contributed by atoms with Crippen molar-refractivity contribution in [3.05, 3.63) is 30.6 Å². The van der Waals surface area contributed by atoms with E-state index in [4.69, 9.17) is 4.74 Å². The molecule has 1 aromatic carbocycles. The third-order valence-corrected chi connectivity index (χ3v) is 4.16. The highest BCUT2D eigenvalue weighted by molar-refractivity contribution is 5.83. The van der Waals surface area contributed by atoms with Gasteiger partial charge in [0.15, 0.2) is 6.61 Å². The minimum atomic E-state index is -0.0896. The van der Waals surface area contributed by atoms with Gasteiger partial charge in [-0.3, -0.25) is 4.79 Å². The van der Waals surface area contributed by atoms with Crippen LogP contribution in [0.3, 0.4) is 0 Å². The van der Waals surface area contributed by atoms with Crippen LogP contribution >= 0.6 is 0 Å². The molecular formula is C17H21N3O2. The number of nitrogens with zero attached hydrogens (tertiary/aromatic N) is 2. The highest BCUT2D eigenvalue weighted by atomic mass is 16.5. The van der Waals surface area contributed by atoms with Gasteiger partial charge in [-0.05, 0) is 30.9 Å². The van der Waals surface area contributed by atoms with E-state index in [1.54, 1.807) is 0 Å². The first-order valence-corrected chi connectivity index (χ1v) is 7.92. The molecule has 1 saturated carbocycles. The van der Waals surface area contributed by atoms with Gasteiger partial charge in [0.1, 0.15) is 6.33 Å². The van der Waals surface area contributed by atoms with Crippen molar-refractivity contribution in [2.45, 2.75) is 32.1 Å². The average molecular weight is 299 g/mol. The van der Waals surface area contributed by atoms with Gasteiger partial charge in [-0.15, -0.1) is 0 Å². The van der Waals surface area contributed by atoms with Crippen LogP contribution in [0.1, 0.15) is 32.1 Å². The second kappa shape index (κ2) is 7.20. The zero-order valence-corrected chi connectivity index (χ0v) is 12.6. The van der Waals surface area contributed by atoms with Crippen molar-refractivity contribution in [2.75, 3.05) is 13.2 Å². The molecule has 0 bridgehead atoms. The van der Waals surface area contributed by atoms with Gasteiger partial charge in [-0.2, -0.15) is 0 Å². The van der Waals surface area contributed by atoms with Crippen LogP contribution in [-0.2, 0) is 4.79 Å². The Labute approximate surface area is 130 Å². The molecule has 0 unspecified atom stereocenters. The summed E-state index contributed by atoms with van der Waals surface area (Å²) >= 11 is 0. The Kier molecular flexibility index (Phi) is 4.83. The standard InChI is InChI=1S/C17H21N3O2/c21-16(18-10-13-6-2-1-3-7-13)11-22-17-14-8-4-5-9-15(14)19-12-20-17/h4-5,8-9,12-13H,1-3,6-7,10-11H2,(H,18,21). The summed E-state index contributed by atoms with van der Waals surface area (Å²) in [5.41, 5.74) is 0.815. The molecule has 1 heterocycles. The third-order valence-electron chi connectivity index (χ3n) is 4.16. The summed E-state index contributed by atoms with van der Waals surface area (Å²) in [5.74, 6) is 0.990. The molecule has 3 rings (SSSR count). The van der Waals surface area contributed by atoms with Gasteiger partial charge in [0.25, 0.3) is 5.91 Å². The Morgan fingerprint density at radius 3 is 2.86 bits per heavy atom. The maximum Gasteiger partial charge on any atom is 0.258 e. The fraction of sp³-hybridized carbons (Fsp3) is 0.471. The Morgan fingerprint density at radius 1 is 1.18 bits per heavy atom. The largest absolute Gasteiger partial charge is 0.467 e. The van der Waals surface area contributed by atoms with Crippen LogP contribution in [0.5, 0.6) is 5.88 Å². The summed E-state index contributed by atoms with van der Waals surface area (Å²) in [6, 6.07) is 7.61. The van der Waals surface area contributed by atoms with Crippen LogP contribution in [0, 0.1) is 5.92 Å². The second-order valence-electron chi connectivity index (χ2n) is 5.79. The maximum atomic E-state index is 11.9. The van der Waals surface area contributed by atoms with Gasteiger partial charge in [0.2, 0.25) is 5.88 Å². The Morgan fingerprint density at radius 2 is 2.00 bits per heavy atom. The number of rotatable bonds is 5. The van der Waals surface area contributed by atoms with Gasteiger partial charge in [0.05, 0.1) is 10.9 Å². The number of fused-ring (bicyclic) bond motifs is 1. The summed E-state index contributed by atoms with van der Waals surface area (Å²) in [4.78, 5) is 20.2. The first kappa shape index (κ1) is 14.8. The van der Waals surface area contributed by atoms with Crippen molar-refractivity contribution in [2.24, 2.45) is 5.92 Å². The summed E-state index contributed by atoms with van der Waals surface area (Å²) in [6.45, 7) is 0.750. The van der Waals surface area contributed by atoms with Crippen molar-refractivity contribution >= 4 is 16.8 Å². The van der Waals surface area contributed by atoms with E-state index in [1.807, 2.05) is 24.3 Å². The van der Waals surface area contributed by atoms with Crippen LogP contribution < -0.4 is 10.1 Å². The van der Waals surface area contributed by atoms with E-state index >= 15 is 0 Å².